The van der Waals surface area contributed by atoms with Crippen LogP contribution in [0.5, 0.6) is 0 Å². The molecule has 0 amide bonds. The zero-order chi connectivity index (χ0) is 12.3. The van der Waals surface area contributed by atoms with Crippen LogP contribution in [0.3, 0.4) is 0 Å². The van der Waals surface area contributed by atoms with Crippen LogP contribution < -0.4 is 5.32 Å². The molecule has 0 aliphatic carbocycles. The molecule has 1 N–H and O–H groups in total. The zero-order valence-corrected chi connectivity index (χ0v) is 11.0. The van der Waals surface area contributed by atoms with E-state index in [0.29, 0.717) is 0 Å². The molecule has 0 aromatic carbocycles. The lowest BCUT2D eigenvalue weighted by molar-refractivity contribution is 0.798. The average Bonchev–Trinajstić information content (AvgIpc) is 2.76. The van der Waals surface area contributed by atoms with Crippen molar-refractivity contribution in [2.24, 2.45) is 0 Å². The largest absolute Gasteiger partial charge is 0.370 e. The molecule has 5 nitrogen and oxygen atoms in total. The third-order valence-corrected chi connectivity index (χ3v) is 2.74. The van der Waals surface area contributed by atoms with Crippen molar-refractivity contribution in [2.75, 3.05) is 18.1 Å². The van der Waals surface area contributed by atoms with Crippen LogP contribution in [0, 0.1) is 6.92 Å². The monoisotopic (exact) mass is 249 g/mol. The highest BCUT2D eigenvalue weighted by atomic mass is 32.2. The molecule has 17 heavy (non-hydrogen) atoms. The Bertz CT molecular complexity index is 508. The Kier molecular flexibility index (Phi) is 3.63. The molecular formula is C11H15N5S. The number of rotatable bonds is 4. The second-order valence-corrected chi connectivity index (χ2v) is 4.30. The molecule has 2 aromatic rings. The highest BCUT2D eigenvalue weighted by molar-refractivity contribution is 7.98. The number of aromatic nitrogens is 4. The van der Waals surface area contributed by atoms with E-state index in [0.717, 1.165) is 29.0 Å². The molecule has 0 atom stereocenters. The van der Waals surface area contributed by atoms with E-state index >= 15 is 0 Å². The summed E-state index contributed by atoms with van der Waals surface area (Å²) in [5.74, 6) is 1.61. The van der Waals surface area contributed by atoms with E-state index in [1.807, 2.05) is 38.4 Å². The maximum atomic E-state index is 4.43. The minimum atomic E-state index is 0.742. The van der Waals surface area contributed by atoms with Gasteiger partial charge < -0.3 is 5.32 Å². The molecule has 0 unspecified atom stereocenters. The smallest absolute Gasteiger partial charge is 0.191 e. The number of anilines is 1. The first-order valence-corrected chi connectivity index (χ1v) is 6.65. The lowest BCUT2D eigenvalue weighted by Crippen LogP contribution is -2.06. The van der Waals surface area contributed by atoms with Crippen LogP contribution in [0.4, 0.5) is 5.82 Å². The number of nitrogens with one attached hydrogen (secondary N) is 1. The lowest BCUT2D eigenvalue weighted by Gasteiger charge is -2.07. The SMILES string of the molecule is CCNc1cc(-n2ccc(C)n2)nc(SC)n1. The summed E-state index contributed by atoms with van der Waals surface area (Å²) < 4.78 is 1.76. The van der Waals surface area contributed by atoms with Crippen LogP contribution in [0.2, 0.25) is 0 Å². The molecule has 2 heterocycles. The van der Waals surface area contributed by atoms with E-state index < -0.39 is 0 Å². The first-order valence-electron chi connectivity index (χ1n) is 5.42. The summed E-state index contributed by atoms with van der Waals surface area (Å²) in [6, 6.07) is 3.85. The number of hydrogen-bond acceptors (Lipinski definition) is 5. The summed E-state index contributed by atoms with van der Waals surface area (Å²) in [5.41, 5.74) is 0.972. The summed E-state index contributed by atoms with van der Waals surface area (Å²) in [6.45, 7) is 4.83. The Hall–Kier alpha value is -1.56. The van der Waals surface area contributed by atoms with Gasteiger partial charge in [0.05, 0.1) is 5.69 Å². The molecule has 90 valence electrons. The van der Waals surface area contributed by atoms with Gasteiger partial charge in [0.1, 0.15) is 5.82 Å². The van der Waals surface area contributed by atoms with Crippen molar-refractivity contribution in [3.05, 3.63) is 24.0 Å². The van der Waals surface area contributed by atoms with Crippen molar-refractivity contribution in [1.82, 2.24) is 19.7 Å². The Balaban J connectivity index is 2.42. The number of aryl methyl sites for hydroxylation is 1. The van der Waals surface area contributed by atoms with Gasteiger partial charge in [-0.3, -0.25) is 0 Å². The predicted molar refractivity (Wildman–Crippen MR) is 69.8 cm³/mol. The molecule has 2 rings (SSSR count). The molecule has 0 fully saturated rings. The van der Waals surface area contributed by atoms with Gasteiger partial charge in [0, 0.05) is 18.8 Å². The van der Waals surface area contributed by atoms with Gasteiger partial charge in [-0.2, -0.15) is 5.10 Å². The Labute approximate surface area is 105 Å². The van der Waals surface area contributed by atoms with Gasteiger partial charge in [0.2, 0.25) is 0 Å². The maximum absolute atomic E-state index is 4.43. The van der Waals surface area contributed by atoms with Gasteiger partial charge in [-0.25, -0.2) is 14.6 Å². The molecule has 0 saturated heterocycles. The van der Waals surface area contributed by atoms with Gasteiger partial charge in [-0.1, -0.05) is 11.8 Å². The molecule has 0 bridgehead atoms. The van der Waals surface area contributed by atoms with Crippen LogP contribution >= 0.6 is 11.8 Å². The first-order chi connectivity index (χ1) is 8.22. The predicted octanol–water partition coefficient (Wildman–Crippen LogP) is 2.12. The average molecular weight is 249 g/mol. The third kappa shape index (κ3) is 2.76. The minimum Gasteiger partial charge on any atom is -0.370 e. The summed E-state index contributed by atoms with van der Waals surface area (Å²) >= 11 is 1.52. The van der Waals surface area contributed by atoms with Gasteiger partial charge >= 0.3 is 0 Å². The van der Waals surface area contributed by atoms with Crippen molar-refractivity contribution in [2.45, 2.75) is 19.0 Å². The van der Waals surface area contributed by atoms with Crippen LogP contribution in [0.25, 0.3) is 5.82 Å². The van der Waals surface area contributed by atoms with Gasteiger partial charge in [0.25, 0.3) is 0 Å². The standard InChI is InChI=1S/C11H15N5S/c1-4-12-9-7-10(14-11(13-9)17-3)16-6-5-8(2)15-16/h5-7H,4H2,1-3H3,(H,12,13,14). The Morgan fingerprint density at radius 2 is 2.24 bits per heavy atom. The maximum Gasteiger partial charge on any atom is 0.191 e. The fraction of sp³-hybridized carbons (Fsp3) is 0.364. The van der Waals surface area contributed by atoms with Gasteiger partial charge in [0.15, 0.2) is 11.0 Å². The molecular weight excluding hydrogens is 234 g/mol. The molecule has 0 aliphatic rings. The molecule has 0 spiro atoms. The normalized spacial score (nSPS) is 10.5. The topological polar surface area (TPSA) is 55.6 Å². The van der Waals surface area contributed by atoms with Gasteiger partial charge in [-0.05, 0) is 26.2 Å². The van der Waals surface area contributed by atoms with Crippen LogP contribution in [-0.4, -0.2) is 32.5 Å². The van der Waals surface area contributed by atoms with Gasteiger partial charge in [-0.15, -0.1) is 0 Å². The Morgan fingerprint density at radius 3 is 2.82 bits per heavy atom. The summed E-state index contributed by atoms with van der Waals surface area (Å²) in [4.78, 5) is 8.80. The van der Waals surface area contributed by atoms with E-state index in [9.17, 15) is 0 Å². The Morgan fingerprint density at radius 1 is 1.41 bits per heavy atom. The van der Waals surface area contributed by atoms with E-state index in [1.54, 1.807) is 4.68 Å². The highest BCUT2D eigenvalue weighted by Gasteiger charge is 2.06. The van der Waals surface area contributed by atoms with Crippen molar-refractivity contribution < 1.29 is 0 Å². The fourth-order valence-corrected chi connectivity index (χ4v) is 1.81. The van der Waals surface area contributed by atoms with E-state index in [2.05, 4.69) is 20.4 Å². The van der Waals surface area contributed by atoms with Crippen LogP contribution in [0.15, 0.2) is 23.5 Å². The molecule has 0 saturated carbocycles. The second kappa shape index (κ2) is 5.18. The quantitative estimate of drug-likeness (QED) is 0.664. The van der Waals surface area contributed by atoms with Crippen LogP contribution in [-0.2, 0) is 0 Å². The number of hydrogen-bond donors (Lipinski definition) is 1. The molecule has 2 aromatic heterocycles. The second-order valence-electron chi connectivity index (χ2n) is 3.53. The van der Waals surface area contributed by atoms with Crippen molar-refractivity contribution in [3.8, 4) is 5.82 Å². The van der Waals surface area contributed by atoms with E-state index in [1.165, 1.54) is 11.8 Å². The number of thioether (sulfide) groups is 1. The third-order valence-electron chi connectivity index (χ3n) is 2.19. The summed E-state index contributed by atoms with van der Waals surface area (Å²) in [5, 5.41) is 8.28. The highest BCUT2D eigenvalue weighted by Crippen LogP contribution is 2.16. The molecule has 0 aliphatic heterocycles. The summed E-state index contributed by atoms with van der Waals surface area (Å²) in [7, 11) is 0. The minimum absolute atomic E-state index is 0.742. The molecule has 0 radical (unpaired) electrons. The summed E-state index contributed by atoms with van der Waals surface area (Å²) in [6.07, 6.45) is 3.86. The van der Waals surface area contributed by atoms with Crippen molar-refractivity contribution in [1.29, 1.82) is 0 Å². The molecule has 6 heteroatoms. The van der Waals surface area contributed by atoms with Crippen molar-refractivity contribution >= 4 is 17.6 Å². The van der Waals surface area contributed by atoms with E-state index in [-0.39, 0.29) is 0 Å². The van der Waals surface area contributed by atoms with Crippen LogP contribution in [0.1, 0.15) is 12.6 Å². The zero-order valence-electron chi connectivity index (χ0n) is 10.1. The fourth-order valence-electron chi connectivity index (χ4n) is 1.44. The first kappa shape index (κ1) is 11.9. The lowest BCUT2D eigenvalue weighted by atomic mass is 10.5. The van der Waals surface area contributed by atoms with E-state index in [4.69, 9.17) is 0 Å². The number of nitrogens with zero attached hydrogens (tertiary/aromatic N) is 4. The van der Waals surface area contributed by atoms with Crippen molar-refractivity contribution in [3.63, 3.8) is 0 Å².